The van der Waals surface area contributed by atoms with E-state index in [9.17, 15) is 4.79 Å². The smallest absolute Gasteiger partial charge is 0.271 e. The Balaban J connectivity index is 1.32. The third-order valence-electron chi connectivity index (χ3n) is 5.61. The van der Waals surface area contributed by atoms with E-state index in [0.717, 1.165) is 44.0 Å². The molecule has 7 heteroatoms. The molecule has 0 atom stereocenters. The van der Waals surface area contributed by atoms with Crippen LogP contribution >= 0.6 is 0 Å². The summed E-state index contributed by atoms with van der Waals surface area (Å²) in [6, 6.07) is 23.2. The Morgan fingerprint density at radius 3 is 2.49 bits per heavy atom. The average Bonchev–Trinajstić information content (AvgIpc) is 2.90. The van der Waals surface area contributed by atoms with E-state index in [-0.39, 0.29) is 5.91 Å². The lowest BCUT2D eigenvalue weighted by Gasteiger charge is -2.26. The number of carbonyl (C=O) groups excluding carboxylic acids is 1. The number of nitrogens with one attached hydrogen (secondary N) is 1. The Kier molecular flexibility index (Phi) is 8.86. The molecule has 1 N–H and O–H groups in total. The van der Waals surface area contributed by atoms with Crippen LogP contribution in [0.5, 0.6) is 11.5 Å². The van der Waals surface area contributed by atoms with E-state index in [4.69, 9.17) is 14.2 Å². The number of morpholine rings is 1. The molecular formula is C28H31N3O4. The second-order valence-corrected chi connectivity index (χ2v) is 8.20. The van der Waals surface area contributed by atoms with Crippen LogP contribution in [0.4, 0.5) is 0 Å². The lowest BCUT2D eigenvalue weighted by Crippen LogP contribution is -2.35. The molecule has 3 aromatic carbocycles. The van der Waals surface area contributed by atoms with E-state index in [1.165, 1.54) is 5.56 Å². The highest BCUT2D eigenvalue weighted by molar-refractivity contribution is 5.94. The first-order chi connectivity index (χ1) is 17.2. The first-order valence-corrected chi connectivity index (χ1v) is 11.9. The van der Waals surface area contributed by atoms with Gasteiger partial charge in [0.2, 0.25) is 0 Å². The zero-order valence-corrected chi connectivity index (χ0v) is 20.0. The van der Waals surface area contributed by atoms with E-state index < -0.39 is 0 Å². The number of hydrogen-bond acceptors (Lipinski definition) is 6. The first-order valence-electron chi connectivity index (χ1n) is 11.9. The standard InChI is InChI=1S/C28H31N3O4/c1-2-34-27-18-24(10-13-26(27)35-21-23-6-4-3-5-7-23)19-29-30-28(32)25-11-8-22(9-12-25)20-31-14-16-33-17-15-31/h3-13,18-19H,2,14-17,20-21H2,1H3,(H,30,32)/b29-19-. The number of rotatable bonds is 10. The summed E-state index contributed by atoms with van der Waals surface area (Å²) < 4.78 is 17.1. The van der Waals surface area contributed by atoms with Crippen LogP contribution < -0.4 is 14.9 Å². The highest BCUT2D eigenvalue weighted by atomic mass is 16.5. The number of hydrogen-bond donors (Lipinski definition) is 1. The number of benzene rings is 3. The van der Waals surface area contributed by atoms with E-state index in [1.54, 1.807) is 6.21 Å². The van der Waals surface area contributed by atoms with E-state index in [1.807, 2.05) is 79.7 Å². The van der Waals surface area contributed by atoms with Gasteiger partial charge >= 0.3 is 0 Å². The van der Waals surface area contributed by atoms with Crippen LogP contribution in [0.25, 0.3) is 0 Å². The molecule has 0 aliphatic carbocycles. The molecule has 35 heavy (non-hydrogen) atoms. The van der Waals surface area contributed by atoms with E-state index >= 15 is 0 Å². The van der Waals surface area contributed by atoms with Crippen LogP contribution in [0.3, 0.4) is 0 Å². The zero-order valence-electron chi connectivity index (χ0n) is 20.0. The lowest BCUT2D eigenvalue weighted by molar-refractivity contribution is 0.0342. The van der Waals surface area contributed by atoms with Crippen molar-refractivity contribution in [1.29, 1.82) is 0 Å². The maximum Gasteiger partial charge on any atom is 0.271 e. The van der Waals surface area contributed by atoms with Gasteiger partial charge < -0.3 is 14.2 Å². The van der Waals surface area contributed by atoms with Gasteiger partial charge in [0.15, 0.2) is 11.5 Å². The second-order valence-electron chi connectivity index (χ2n) is 8.20. The van der Waals surface area contributed by atoms with Crippen LogP contribution in [0.2, 0.25) is 0 Å². The van der Waals surface area contributed by atoms with Gasteiger partial charge in [-0.25, -0.2) is 5.43 Å². The van der Waals surface area contributed by atoms with Crippen molar-refractivity contribution in [3.05, 3.63) is 95.1 Å². The molecule has 182 valence electrons. The van der Waals surface area contributed by atoms with Gasteiger partial charge in [-0.05, 0) is 53.9 Å². The number of carbonyl (C=O) groups is 1. The molecule has 3 aromatic rings. The summed E-state index contributed by atoms with van der Waals surface area (Å²) in [6.07, 6.45) is 1.59. The Bertz CT molecular complexity index is 1110. The number of amides is 1. The maximum absolute atomic E-state index is 12.5. The molecule has 0 saturated carbocycles. The van der Waals surface area contributed by atoms with Crippen molar-refractivity contribution >= 4 is 12.1 Å². The first kappa shape index (κ1) is 24.4. The van der Waals surface area contributed by atoms with Gasteiger partial charge in [-0.3, -0.25) is 9.69 Å². The van der Waals surface area contributed by atoms with Crippen LogP contribution in [0, 0.1) is 0 Å². The largest absolute Gasteiger partial charge is 0.490 e. The molecular weight excluding hydrogens is 442 g/mol. The summed E-state index contributed by atoms with van der Waals surface area (Å²) in [5, 5.41) is 4.12. The summed E-state index contributed by atoms with van der Waals surface area (Å²) in [5.41, 5.74) is 6.20. The molecule has 4 rings (SSSR count). The molecule has 7 nitrogen and oxygen atoms in total. The van der Waals surface area contributed by atoms with Crippen LogP contribution in [0.15, 0.2) is 77.9 Å². The minimum atomic E-state index is -0.257. The topological polar surface area (TPSA) is 72.4 Å². The summed E-state index contributed by atoms with van der Waals surface area (Å²) in [5.74, 6) is 1.04. The molecule has 1 aliphatic heterocycles. The molecule has 0 spiro atoms. The minimum Gasteiger partial charge on any atom is -0.490 e. The van der Waals surface area contributed by atoms with Crippen molar-refractivity contribution in [3.8, 4) is 11.5 Å². The third-order valence-corrected chi connectivity index (χ3v) is 5.61. The number of ether oxygens (including phenoxy) is 3. The van der Waals surface area contributed by atoms with Gasteiger partial charge in [0.25, 0.3) is 5.91 Å². The molecule has 1 aliphatic rings. The Labute approximate surface area is 206 Å². The van der Waals surface area contributed by atoms with Gasteiger partial charge in [0, 0.05) is 25.2 Å². The fourth-order valence-corrected chi connectivity index (χ4v) is 3.74. The molecule has 0 aromatic heterocycles. The predicted octanol–water partition coefficient (Wildman–Crippen LogP) is 4.26. The summed E-state index contributed by atoms with van der Waals surface area (Å²) in [6.45, 7) is 7.16. The predicted molar refractivity (Wildman–Crippen MR) is 136 cm³/mol. The molecule has 0 unspecified atom stereocenters. The van der Waals surface area contributed by atoms with Gasteiger partial charge in [-0.15, -0.1) is 0 Å². The lowest BCUT2D eigenvalue weighted by atomic mass is 10.1. The third kappa shape index (κ3) is 7.40. The SMILES string of the molecule is CCOc1cc(/C=N\NC(=O)c2ccc(CN3CCOCC3)cc2)ccc1OCc1ccccc1. The quantitative estimate of drug-likeness (QED) is 0.352. The maximum atomic E-state index is 12.5. The van der Waals surface area contributed by atoms with Crippen molar-refractivity contribution in [1.82, 2.24) is 10.3 Å². The molecule has 0 bridgehead atoms. The van der Waals surface area contributed by atoms with Crippen LogP contribution in [0.1, 0.15) is 34.0 Å². The summed E-state index contributed by atoms with van der Waals surface area (Å²) >= 11 is 0. The molecule has 1 saturated heterocycles. The number of hydrazone groups is 1. The highest BCUT2D eigenvalue weighted by Gasteiger charge is 2.11. The summed E-state index contributed by atoms with van der Waals surface area (Å²) in [4.78, 5) is 14.8. The second kappa shape index (κ2) is 12.7. The van der Waals surface area contributed by atoms with Crippen LogP contribution in [-0.4, -0.2) is 49.9 Å². The van der Waals surface area contributed by atoms with Crippen molar-refractivity contribution in [2.45, 2.75) is 20.1 Å². The zero-order chi connectivity index (χ0) is 24.3. The van der Waals surface area contributed by atoms with E-state index in [0.29, 0.717) is 30.3 Å². The fraction of sp³-hybridized carbons (Fsp3) is 0.286. The fourth-order valence-electron chi connectivity index (χ4n) is 3.74. The van der Waals surface area contributed by atoms with Crippen molar-refractivity contribution < 1.29 is 19.0 Å². The Morgan fingerprint density at radius 1 is 0.971 bits per heavy atom. The molecule has 1 fully saturated rings. The highest BCUT2D eigenvalue weighted by Crippen LogP contribution is 2.29. The van der Waals surface area contributed by atoms with Gasteiger partial charge in [0.05, 0.1) is 26.0 Å². The number of nitrogens with zero attached hydrogens (tertiary/aromatic N) is 2. The van der Waals surface area contributed by atoms with Gasteiger partial charge in [-0.2, -0.15) is 5.10 Å². The Hall–Kier alpha value is -3.68. The Morgan fingerprint density at radius 2 is 1.74 bits per heavy atom. The average molecular weight is 474 g/mol. The summed E-state index contributed by atoms with van der Waals surface area (Å²) in [7, 11) is 0. The van der Waals surface area contributed by atoms with Crippen molar-refractivity contribution in [2.75, 3.05) is 32.9 Å². The van der Waals surface area contributed by atoms with Gasteiger partial charge in [-0.1, -0.05) is 42.5 Å². The normalized spacial score (nSPS) is 14.1. The molecule has 0 radical (unpaired) electrons. The van der Waals surface area contributed by atoms with Crippen LogP contribution in [-0.2, 0) is 17.9 Å². The minimum absolute atomic E-state index is 0.257. The van der Waals surface area contributed by atoms with Crippen molar-refractivity contribution in [3.63, 3.8) is 0 Å². The van der Waals surface area contributed by atoms with Gasteiger partial charge in [0.1, 0.15) is 6.61 Å². The molecule has 1 heterocycles. The monoisotopic (exact) mass is 473 g/mol. The van der Waals surface area contributed by atoms with E-state index in [2.05, 4.69) is 15.4 Å². The van der Waals surface area contributed by atoms with Crippen molar-refractivity contribution in [2.24, 2.45) is 5.10 Å². The molecule has 1 amide bonds.